The lowest BCUT2D eigenvalue weighted by atomic mass is 10.2. The lowest BCUT2D eigenvalue weighted by Gasteiger charge is -2.23. The first-order valence-corrected chi connectivity index (χ1v) is 6.93. The van der Waals surface area contributed by atoms with Crippen LogP contribution in [0.3, 0.4) is 0 Å². The smallest absolute Gasteiger partial charge is 0.107 e. The Bertz CT molecular complexity index is 645. The van der Waals surface area contributed by atoms with Gasteiger partial charge in [-0.1, -0.05) is 43.0 Å². The summed E-state index contributed by atoms with van der Waals surface area (Å²) >= 11 is 0. The van der Waals surface area contributed by atoms with E-state index in [0.29, 0.717) is 0 Å². The van der Waals surface area contributed by atoms with E-state index >= 15 is 0 Å². The first-order chi connectivity index (χ1) is 10.1. The van der Waals surface area contributed by atoms with Crippen molar-refractivity contribution in [3.63, 3.8) is 0 Å². The third kappa shape index (κ3) is 3.96. The molecule has 108 valence electrons. The van der Waals surface area contributed by atoms with Crippen molar-refractivity contribution in [3.05, 3.63) is 72.6 Å². The van der Waals surface area contributed by atoms with Crippen LogP contribution in [0.15, 0.2) is 72.0 Å². The van der Waals surface area contributed by atoms with Crippen LogP contribution in [0.5, 0.6) is 0 Å². The van der Waals surface area contributed by atoms with Crippen molar-refractivity contribution < 1.29 is 0 Å². The number of amidine groups is 1. The third-order valence-electron chi connectivity index (χ3n) is 3.36. The summed E-state index contributed by atoms with van der Waals surface area (Å²) in [6.07, 6.45) is 0. The Morgan fingerprint density at radius 1 is 1.05 bits per heavy atom. The highest BCUT2D eigenvalue weighted by Gasteiger charge is 2.07. The van der Waals surface area contributed by atoms with E-state index in [1.54, 1.807) is 0 Å². The Hall–Kier alpha value is -2.55. The number of hydrogen-bond acceptors (Lipinski definition) is 2. The molecule has 0 saturated heterocycles. The van der Waals surface area contributed by atoms with E-state index in [1.165, 1.54) is 5.56 Å². The lowest BCUT2D eigenvalue weighted by molar-refractivity contribution is 0.631. The summed E-state index contributed by atoms with van der Waals surface area (Å²) in [4.78, 5) is 6.53. The average molecular weight is 279 g/mol. The molecule has 0 aromatic heterocycles. The van der Waals surface area contributed by atoms with Gasteiger partial charge in [0.2, 0.25) is 0 Å². The number of nitrogens with one attached hydrogen (secondary N) is 1. The van der Waals surface area contributed by atoms with Crippen molar-refractivity contribution >= 4 is 17.2 Å². The standard InChI is InChI=1S/C18H21N3/c1-14-10-8-9-13-18(14)20-16(3)21(4)15(2)19-17-11-6-5-7-12-17/h5-13,20H,3H2,1-2,4H3. The largest absolute Gasteiger partial charge is 0.342 e. The fraction of sp³-hybridized carbons (Fsp3) is 0.167. The zero-order valence-electron chi connectivity index (χ0n) is 12.8. The SMILES string of the molecule is C=C(Nc1ccccc1C)N(C)C(C)=Nc1ccccc1. The quantitative estimate of drug-likeness (QED) is 0.656. The maximum atomic E-state index is 4.59. The highest BCUT2D eigenvalue weighted by atomic mass is 15.3. The number of benzene rings is 2. The van der Waals surface area contributed by atoms with Crippen molar-refractivity contribution in [2.24, 2.45) is 4.99 Å². The first-order valence-electron chi connectivity index (χ1n) is 6.93. The number of aliphatic imine (C=N–C) groups is 1. The molecule has 0 spiro atoms. The average Bonchev–Trinajstić information content (AvgIpc) is 2.49. The molecule has 3 nitrogen and oxygen atoms in total. The van der Waals surface area contributed by atoms with Gasteiger partial charge in [0.05, 0.1) is 5.69 Å². The fourth-order valence-corrected chi connectivity index (χ4v) is 1.91. The van der Waals surface area contributed by atoms with Gasteiger partial charge in [-0.2, -0.15) is 0 Å². The predicted molar refractivity (Wildman–Crippen MR) is 90.9 cm³/mol. The normalized spacial score (nSPS) is 11.1. The first kappa shape index (κ1) is 14.9. The zero-order valence-corrected chi connectivity index (χ0v) is 12.8. The highest BCUT2D eigenvalue weighted by molar-refractivity contribution is 5.84. The molecular weight excluding hydrogens is 258 g/mol. The van der Waals surface area contributed by atoms with Crippen molar-refractivity contribution in [3.8, 4) is 0 Å². The van der Waals surface area contributed by atoms with Crippen LogP contribution in [0.2, 0.25) is 0 Å². The van der Waals surface area contributed by atoms with E-state index in [-0.39, 0.29) is 0 Å². The molecule has 0 aliphatic heterocycles. The van der Waals surface area contributed by atoms with E-state index in [0.717, 1.165) is 23.0 Å². The molecule has 0 amide bonds. The minimum Gasteiger partial charge on any atom is -0.342 e. The number of para-hydroxylation sites is 2. The summed E-state index contributed by atoms with van der Waals surface area (Å²) in [5.41, 5.74) is 3.18. The van der Waals surface area contributed by atoms with Crippen molar-refractivity contribution in [2.75, 3.05) is 12.4 Å². The molecule has 0 saturated carbocycles. The molecule has 0 aliphatic carbocycles. The maximum absolute atomic E-state index is 4.59. The molecule has 21 heavy (non-hydrogen) atoms. The van der Waals surface area contributed by atoms with E-state index < -0.39 is 0 Å². The number of aryl methyl sites for hydroxylation is 1. The van der Waals surface area contributed by atoms with Gasteiger partial charge in [0, 0.05) is 12.7 Å². The Labute approximate surface area is 126 Å². The van der Waals surface area contributed by atoms with Crippen LogP contribution >= 0.6 is 0 Å². The van der Waals surface area contributed by atoms with Gasteiger partial charge in [0.1, 0.15) is 11.7 Å². The highest BCUT2D eigenvalue weighted by Crippen LogP contribution is 2.17. The molecule has 0 radical (unpaired) electrons. The second-order valence-corrected chi connectivity index (χ2v) is 4.94. The summed E-state index contributed by atoms with van der Waals surface area (Å²) in [5, 5.41) is 3.33. The molecule has 3 heteroatoms. The van der Waals surface area contributed by atoms with E-state index in [4.69, 9.17) is 0 Å². The van der Waals surface area contributed by atoms with Crippen LogP contribution in [-0.2, 0) is 0 Å². The molecule has 0 bridgehead atoms. The number of anilines is 1. The van der Waals surface area contributed by atoms with Crippen LogP contribution in [-0.4, -0.2) is 17.8 Å². The number of rotatable bonds is 4. The van der Waals surface area contributed by atoms with E-state index in [1.807, 2.05) is 67.4 Å². The molecule has 0 heterocycles. The predicted octanol–water partition coefficient (Wildman–Crippen LogP) is 4.56. The molecule has 2 aromatic carbocycles. The van der Waals surface area contributed by atoms with Crippen LogP contribution < -0.4 is 5.32 Å². The summed E-state index contributed by atoms with van der Waals surface area (Å²) in [5.74, 6) is 1.67. The minimum absolute atomic E-state index is 0.793. The number of nitrogens with zero attached hydrogens (tertiary/aromatic N) is 2. The topological polar surface area (TPSA) is 27.6 Å². The minimum atomic E-state index is 0.793. The van der Waals surface area contributed by atoms with Crippen molar-refractivity contribution in [2.45, 2.75) is 13.8 Å². The van der Waals surface area contributed by atoms with Crippen molar-refractivity contribution in [1.82, 2.24) is 4.90 Å². The number of hydrogen-bond donors (Lipinski definition) is 1. The van der Waals surface area contributed by atoms with Gasteiger partial charge < -0.3 is 10.2 Å². The van der Waals surface area contributed by atoms with Crippen LogP contribution in [0.4, 0.5) is 11.4 Å². The van der Waals surface area contributed by atoms with Gasteiger partial charge in [0.15, 0.2) is 0 Å². The molecule has 2 aromatic rings. The monoisotopic (exact) mass is 279 g/mol. The van der Waals surface area contributed by atoms with E-state index in [2.05, 4.69) is 29.9 Å². The lowest BCUT2D eigenvalue weighted by Crippen LogP contribution is -2.27. The van der Waals surface area contributed by atoms with E-state index in [9.17, 15) is 0 Å². The van der Waals surface area contributed by atoms with Gasteiger partial charge in [-0.3, -0.25) is 0 Å². The Morgan fingerprint density at radius 2 is 1.67 bits per heavy atom. The molecule has 0 aliphatic rings. The molecule has 0 atom stereocenters. The summed E-state index contributed by atoms with van der Waals surface area (Å²) in [7, 11) is 1.95. The molecule has 0 fully saturated rings. The van der Waals surface area contributed by atoms with Crippen LogP contribution in [0, 0.1) is 6.92 Å². The molecule has 1 N–H and O–H groups in total. The van der Waals surface area contributed by atoms with Crippen LogP contribution in [0.1, 0.15) is 12.5 Å². The Balaban J connectivity index is 2.09. The van der Waals surface area contributed by atoms with Gasteiger partial charge in [0.25, 0.3) is 0 Å². The third-order valence-corrected chi connectivity index (χ3v) is 3.36. The Kier molecular flexibility index (Phi) is 4.77. The van der Waals surface area contributed by atoms with Gasteiger partial charge in [-0.05, 0) is 37.6 Å². The molecular formula is C18H21N3. The summed E-state index contributed by atoms with van der Waals surface area (Å²) < 4.78 is 0. The maximum Gasteiger partial charge on any atom is 0.107 e. The van der Waals surface area contributed by atoms with Gasteiger partial charge in [-0.15, -0.1) is 0 Å². The van der Waals surface area contributed by atoms with Gasteiger partial charge >= 0.3 is 0 Å². The fourth-order valence-electron chi connectivity index (χ4n) is 1.91. The summed E-state index contributed by atoms with van der Waals surface area (Å²) in [6.45, 7) is 8.13. The second-order valence-electron chi connectivity index (χ2n) is 4.94. The zero-order chi connectivity index (χ0) is 15.2. The Morgan fingerprint density at radius 3 is 2.33 bits per heavy atom. The van der Waals surface area contributed by atoms with Crippen molar-refractivity contribution in [1.29, 1.82) is 0 Å². The van der Waals surface area contributed by atoms with Gasteiger partial charge in [-0.25, -0.2) is 4.99 Å². The van der Waals surface area contributed by atoms with Crippen LogP contribution in [0.25, 0.3) is 0 Å². The second kappa shape index (κ2) is 6.75. The molecule has 2 rings (SSSR count). The summed E-state index contributed by atoms with van der Waals surface area (Å²) in [6, 6.07) is 18.0. The molecule has 0 unspecified atom stereocenters.